The highest BCUT2D eigenvalue weighted by Crippen LogP contribution is 2.24. The van der Waals surface area contributed by atoms with Crippen molar-refractivity contribution in [1.29, 1.82) is 0 Å². The molecular formula is C14H12BrNO3. The fourth-order valence-electron chi connectivity index (χ4n) is 1.60. The minimum absolute atomic E-state index is 0.0109. The van der Waals surface area contributed by atoms with Gasteiger partial charge in [-0.05, 0) is 51.8 Å². The van der Waals surface area contributed by atoms with E-state index in [-0.39, 0.29) is 18.3 Å². The van der Waals surface area contributed by atoms with Crippen molar-refractivity contribution in [3.8, 4) is 5.75 Å². The van der Waals surface area contributed by atoms with E-state index in [1.165, 1.54) is 6.07 Å². The van der Waals surface area contributed by atoms with E-state index in [1.807, 2.05) is 0 Å². The van der Waals surface area contributed by atoms with Crippen LogP contribution in [0.3, 0.4) is 0 Å². The number of benzene rings is 2. The molecule has 1 amide bonds. The second kappa shape index (κ2) is 5.86. The number of phenolic OH excluding ortho intramolecular Hbond substituents is 1. The molecule has 0 saturated carbocycles. The van der Waals surface area contributed by atoms with Crippen LogP contribution in [0.15, 0.2) is 46.9 Å². The van der Waals surface area contributed by atoms with E-state index < -0.39 is 0 Å². The zero-order valence-electron chi connectivity index (χ0n) is 9.93. The van der Waals surface area contributed by atoms with Crippen molar-refractivity contribution < 1.29 is 15.0 Å². The molecular weight excluding hydrogens is 310 g/mol. The Kier molecular flexibility index (Phi) is 4.19. The van der Waals surface area contributed by atoms with Gasteiger partial charge in [-0.3, -0.25) is 4.79 Å². The smallest absolute Gasteiger partial charge is 0.255 e. The topological polar surface area (TPSA) is 69.6 Å². The van der Waals surface area contributed by atoms with Crippen LogP contribution in [0.2, 0.25) is 0 Å². The number of amides is 1. The summed E-state index contributed by atoms with van der Waals surface area (Å²) in [5.41, 5.74) is 1.67. The fraction of sp³-hybridized carbons (Fsp3) is 0.0714. The molecule has 5 heteroatoms. The standard InChI is InChI=1S/C14H12BrNO3/c15-12-5-4-10(7-13(12)18)14(19)16-11-3-1-2-9(6-11)8-17/h1-7,17-18H,8H2,(H,16,19). The molecule has 2 rings (SSSR count). The maximum atomic E-state index is 12.0. The zero-order chi connectivity index (χ0) is 13.8. The third-order valence-electron chi connectivity index (χ3n) is 2.58. The first-order chi connectivity index (χ1) is 9.10. The molecule has 2 aromatic rings. The van der Waals surface area contributed by atoms with Crippen molar-refractivity contribution in [2.24, 2.45) is 0 Å². The first kappa shape index (κ1) is 13.6. The van der Waals surface area contributed by atoms with E-state index in [2.05, 4.69) is 21.2 Å². The maximum absolute atomic E-state index is 12.0. The monoisotopic (exact) mass is 321 g/mol. The third kappa shape index (κ3) is 3.33. The van der Waals surface area contributed by atoms with E-state index in [4.69, 9.17) is 5.11 Å². The molecule has 0 saturated heterocycles. The van der Waals surface area contributed by atoms with Crippen LogP contribution in [-0.4, -0.2) is 16.1 Å². The summed E-state index contributed by atoms with van der Waals surface area (Å²) >= 11 is 3.15. The number of anilines is 1. The number of rotatable bonds is 3. The number of phenols is 1. The SMILES string of the molecule is O=C(Nc1cccc(CO)c1)c1ccc(Br)c(O)c1. The molecule has 2 aromatic carbocycles. The van der Waals surface area contributed by atoms with Gasteiger partial charge in [0.2, 0.25) is 0 Å². The number of nitrogens with one attached hydrogen (secondary N) is 1. The summed E-state index contributed by atoms with van der Waals surface area (Å²) in [5, 5.41) is 21.3. The number of aliphatic hydroxyl groups excluding tert-OH is 1. The second-order valence-electron chi connectivity index (χ2n) is 3.98. The first-order valence-corrected chi connectivity index (χ1v) is 6.39. The lowest BCUT2D eigenvalue weighted by Crippen LogP contribution is -2.11. The van der Waals surface area contributed by atoms with Gasteiger partial charge in [-0.15, -0.1) is 0 Å². The highest BCUT2D eigenvalue weighted by Gasteiger charge is 2.08. The van der Waals surface area contributed by atoms with Crippen molar-refractivity contribution in [3.05, 3.63) is 58.1 Å². The van der Waals surface area contributed by atoms with Gasteiger partial charge >= 0.3 is 0 Å². The van der Waals surface area contributed by atoms with E-state index in [0.29, 0.717) is 15.7 Å². The van der Waals surface area contributed by atoms with Gasteiger partial charge in [0.05, 0.1) is 11.1 Å². The number of aliphatic hydroxyl groups is 1. The number of hydrogen-bond donors (Lipinski definition) is 3. The van der Waals surface area contributed by atoms with E-state index in [9.17, 15) is 9.90 Å². The lowest BCUT2D eigenvalue weighted by molar-refractivity contribution is 0.102. The summed E-state index contributed by atoms with van der Waals surface area (Å²) in [7, 11) is 0. The van der Waals surface area contributed by atoms with Gasteiger partial charge in [-0.25, -0.2) is 0 Å². The Morgan fingerprint density at radius 2 is 2.00 bits per heavy atom. The van der Waals surface area contributed by atoms with Gasteiger partial charge in [0, 0.05) is 11.3 Å². The molecule has 0 aliphatic rings. The number of hydrogen-bond acceptors (Lipinski definition) is 3. The largest absolute Gasteiger partial charge is 0.507 e. The third-order valence-corrected chi connectivity index (χ3v) is 3.25. The Hall–Kier alpha value is -1.85. The minimum Gasteiger partial charge on any atom is -0.507 e. The fourth-order valence-corrected chi connectivity index (χ4v) is 1.85. The highest BCUT2D eigenvalue weighted by atomic mass is 79.9. The molecule has 19 heavy (non-hydrogen) atoms. The summed E-state index contributed by atoms with van der Waals surface area (Å²) in [6, 6.07) is 11.5. The van der Waals surface area contributed by atoms with E-state index in [1.54, 1.807) is 36.4 Å². The van der Waals surface area contributed by atoms with Crippen LogP contribution in [0.25, 0.3) is 0 Å². The molecule has 98 valence electrons. The lowest BCUT2D eigenvalue weighted by Gasteiger charge is -2.07. The molecule has 0 spiro atoms. The molecule has 0 aliphatic heterocycles. The molecule has 0 bridgehead atoms. The van der Waals surface area contributed by atoms with E-state index >= 15 is 0 Å². The van der Waals surface area contributed by atoms with Crippen molar-refractivity contribution in [2.45, 2.75) is 6.61 Å². The zero-order valence-corrected chi connectivity index (χ0v) is 11.5. The van der Waals surface area contributed by atoms with Crippen LogP contribution >= 0.6 is 15.9 Å². The van der Waals surface area contributed by atoms with Crippen molar-refractivity contribution in [2.75, 3.05) is 5.32 Å². The molecule has 3 N–H and O–H groups in total. The van der Waals surface area contributed by atoms with Crippen LogP contribution in [0.4, 0.5) is 5.69 Å². The van der Waals surface area contributed by atoms with Crippen LogP contribution in [0, 0.1) is 0 Å². The first-order valence-electron chi connectivity index (χ1n) is 5.60. The Balaban J connectivity index is 2.18. The van der Waals surface area contributed by atoms with Crippen molar-refractivity contribution in [1.82, 2.24) is 0 Å². The predicted octanol–water partition coefficient (Wildman–Crippen LogP) is 2.90. The van der Waals surface area contributed by atoms with Crippen LogP contribution in [0.5, 0.6) is 5.75 Å². The normalized spacial score (nSPS) is 10.2. The van der Waals surface area contributed by atoms with Gasteiger partial charge in [0.1, 0.15) is 5.75 Å². The van der Waals surface area contributed by atoms with Crippen molar-refractivity contribution >= 4 is 27.5 Å². The average molecular weight is 322 g/mol. The van der Waals surface area contributed by atoms with Crippen LogP contribution in [-0.2, 0) is 6.61 Å². The number of halogens is 1. The minimum atomic E-state index is -0.321. The lowest BCUT2D eigenvalue weighted by atomic mass is 10.1. The predicted molar refractivity (Wildman–Crippen MR) is 76.1 cm³/mol. The molecule has 0 aromatic heterocycles. The average Bonchev–Trinajstić information content (AvgIpc) is 2.42. The van der Waals surface area contributed by atoms with Crippen LogP contribution in [0.1, 0.15) is 15.9 Å². The molecule has 0 atom stereocenters. The second-order valence-corrected chi connectivity index (χ2v) is 4.83. The van der Waals surface area contributed by atoms with Crippen LogP contribution < -0.4 is 5.32 Å². The van der Waals surface area contributed by atoms with Gasteiger partial charge in [-0.1, -0.05) is 12.1 Å². The highest BCUT2D eigenvalue weighted by molar-refractivity contribution is 9.10. The molecule has 0 radical (unpaired) electrons. The Labute approximate surface area is 118 Å². The quantitative estimate of drug-likeness (QED) is 0.814. The summed E-state index contributed by atoms with van der Waals surface area (Å²) < 4.78 is 0.534. The number of carbonyl (C=O) groups excluding carboxylic acids is 1. The Bertz CT molecular complexity index is 613. The Morgan fingerprint density at radius 3 is 2.68 bits per heavy atom. The molecule has 0 heterocycles. The van der Waals surface area contributed by atoms with Crippen molar-refractivity contribution in [3.63, 3.8) is 0 Å². The number of aromatic hydroxyl groups is 1. The summed E-state index contributed by atoms with van der Waals surface area (Å²) in [4.78, 5) is 12.0. The van der Waals surface area contributed by atoms with Gasteiger partial charge in [0.25, 0.3) is 5.91 Å². The molecule has 0 fully saturated rings. The molecule has 0 unspecified atom stereocenters. The van der Waals surface area contributed by atoms with Gasteiger partial charge in [0.15, 0.2) is 0 Å². The maximum Gasteiger partial charge on any atom is 0.255 e. The Morgan fingerprint density at radius 1 is 1.21 bits per heavy atom. The molecule has 4 nitrogen and oxygen atoms in total. The summed E-state index contributed by atoms with van der Waals surface area (Å²) in [6.45, 7) is -0.0806. The van der Waals surface area contributed by atoms with Gasteiger partial charge in [-0.2, -0.15) is 0 Å². The molecule has 0 aliphatic carbocycles. The summed E-state index contributed by atoms with van der Waals surface area (Å²) in [6.07, 6.45) is 0. The van der Waals surface area contributed by atoms with Gasteiger partial charge < -0.3 is 15.5 Å². The number of carbonyl (C=O) groups is 1. The van der Waals surface area contributed by atoms with E-state index in [0.717, 1.165) is 5.56 Å². The summed E-state index contributed by atoms with van der Waals surface area (Å²) in [5.74, 6) is -0.311.